The number of rotatable bonds is 0. The van der Waals surface area contributed by atoms with Crippen LogP contribution in [0.15, 0.2) is 21.9 Å². The minimum Gasteiger partial charge on any atom is -0.189 e. The van der Waals surface area contributed by atoms with Crippen molar-refractivity contribution in [1.82, 2.24) is 0 Å². The van der Waals surface area contributed by atoms with Crippen molar-refractivity contribution >= 4 is 0 Å². The highest BCUT2D eigenvalue weighted by molar-refractivity contribution is 5.12. The molecule has 0 radical (unpaired) electrons. The average molecular weight is 110 g/mol. The first-order valence-electron chi connectivity index (χ1n) is 2.86. The van der Waals surface area contributed by atoms with Crippen molar-refractivity contribution < 1.29 is 0 Å². The Morgan fingerprint density at radius 2 is 2.50 bits per heavy atom. The Morgan fingerprint density at radius 1 is 1.75 bits per heavy atom. The number of hydrogen-bond acceptors (Lipinski definition) is 2. The summed E-state index contributed by atoms with van der Waals surface area (Å²) >= 11 is 0. The van der Waals surface area contributed by atoms with E-state index < -0.39 is 0 Å². The van der Waals surface area contributed by atoms with E-state index in [-0.39, 0.29) is 0 Å². The topological polar surface area (TPSA) is 24.7 Å². The lowest BCUT2D eigenvalue weighted by Crippen LogP contribution is -1.96. The van der Waals surface area contributed by atoms with Crippen LogP contribution < -0.4 is 0 Å². The van der Waals surface area contributed by atoms with Gasteiger partial charge in [-0.05, 0) is 19.4 Å². The summed E-state index contributed by atoms with van der Waals surface area (Å²) in [5, 5.41) is 7.82. The maximum atomic E-state index is 3.95. The highest BCUT2D eigenvalue weighted by Gasteiger charge is 2.10. The van der Waals surface area contributed by atoms with E-state index in [2.05, 4.69) is 23.2 Å². The van der Waals surface area contributed by atoms with Gasteiger partial charge >= 0.3 is 0 Å². The summed E-state index contributed by atoms with van der Waals surface area (Å²) in [4.78, 5) is 0. The Hall–Kier alpha value is -0.660. The predicted molar refractivity (Wildman–Crippen MR) is 32.9 cm³/mol. The smallest absolute Gasteiger partial charge is 0.0908 e. The van der Waals surface area contributed by atoms with Gasteiger partial charge in [-0.1, -0.05) is 6.08 Å². The van der Waals surface area contributed by atoms with E-state index in [4.69, 9.17) is 0 Å². The average Bonchev–Trinajstić information content (AvgIpc) is 2.14. The van der Waals surface area contributed by atoms with Crippen LogP contribution in [0.1, 0.15) is 13.8 Å². The van der Waals surface area contributed by atoms with Gasteiger partial charge in [0.25, 0.3) is 0 Å². The Bertz CT molecular complexity index is 135. The Labute approximate surface area is 49.3 Å². The summed E-state index contributed by atoms with van der Waals surface area (Å²) in [6.45, 7) is 4.91. The van der Waals surface area contributed by atoms with Gasteiger partial charge in [-0.2, -0.15) is 10.2 Å². The highest BCUT2D eigenvalue weighted by Crippen LogP contribution is 2.13. The molecule has 1 rings (SSSR count). The monoisotopic (exact) mass is 110 g/mol. The third-order valence-electron chi connectivity index (χ3n) is 1.42. The molecular formula is C6H10N2. The van der Waals surface area contributed by atoms with Gasteiger partial charge in [-0.15, -0.1) is 0 Å². The van der Waals surface area contributed by atoms with Gasteiger partial charge < -0.3 is 0 Å². The second kappa shape index (κ2) is 2.07. The van der Waals surface area contributed by atoms with E-state index in [9.17, 15) is 0 Å². The fourth-order valence-corrected chi connectivity index (χ4v) is 0.784. The number of azo groups is 1. The molecule has 0 bridgehead atoms. The van der Waals surface area contributed by atoms with Gasteiger partial charge in [-0.25, -0.2) is 0 Å². The van der Waals surface area contributed by atoms with Crippen LogP contribution >= 0.6 is 0 Å². The van der Waals surface area contributed by atoms with Crippen molar-refractivity contribution in [3.63, 3.8) is 0 Å². The van der Waals surface area contributed by atoms with Crippen LogP contribution in [0, 0.1) is 0 Å². The molecule has 0 saturated carbocycles. The van der Waals surface area contributed by atoms with E-state index in [1.807, 2.05) is 6.92 Å². The molecule has 1 atom stereocenters. The third kappa shape index (κ3) is 0.782. The van der Waals surface area contributed by atoms with Gasteiger partial charge in [0.05, 0.1) is 12.6 Å². The molecule has 0 spiro atoms. The number of allylic oxidation sites excluding steroid dienone is 1. The van der Waals surface area contributed by atoms with E-state index >= 15 is 0 Å². The molecule has 0 amide bonds. The molecule has 44 valence electrons. The summed E-state index contributed by atoms with van der Waals surface area (Å²) in [6.07, 6.45) is 2.09. The second-order valence-corrected chi connectivity index (χ2v) is 1.95. The lowest BCUT2D eigenvalue weighted by Gasteiger charge is -1.95. The lowest BCUT2D eigenvalue weighted by molar-refractivity contribution is 0.879. The van der Waals surface area contributed by atoms with Gasteiger partial charge in [0.1, 0.15) is 0 Å². The Balaban J connectivity index is 2.64. The van der Waals surface area contributed by atoms with Crippen LogP contribution in [-0.4, -0.2) is 12.6 Å². The minimum absolute atomic E-state index is 0.347. The first-order valence-corrected chi connectivity index (χ1v) is 2.86. The Morgan fingerprint density at radius 3 is 2.75 bits per heavy atom. The summed E-state index contributed by atoms with van der Waals surface area (Å²) in [5.74, 6) is 0. The van der Waals surface area contributed by atoms with E-state index in [1.54, 1.807) is 0 Å². The maximum Gasteiger partial charge on any atom is 0.0908 e. The molecule has 0 aliphatic carbocycles. The van der Waals surface area contributed by atoms with Crippen molar-refractivity contribution in [1.29, 1.82) is 0 Å². The first-order chi connectivity index (χ1) is 3.84. The van der Waals surface area contributed by atoms with Crippen molar-refractivity contribution in [3.05, 3.63) is 11.6 Å². The van der Waals surface area contributed by atoms with Crippen LogP contribution in [0.3, 0.4) is 0 Å². The van der Waals surface area contributed by atoms with Crippen molar-refractivity contribution in [2.45, 2.75) is 19.9 Å². The van der Waals surface area contributed by atoms with Crippen LogP contribution in [-0.2, 0) is 0 Å². The van der Waals surface area contributed by atoms with Gasteiger partial charge in [0.2, 0.25) is 0 Å². The van der Waals surface area contributed by atoms with Gasteiger partial charge in [0, 0.05) is 0 Å². The van der Waals surface area contributed by atoms with Crippen molar-refractivity contribution in [3.8, 4) is 0 Å². The molecule has 0 aromatic carbocycles. The predicted octanol–water partition coefficient (Wildman–Crippen LogP) is 1.79. The first kappa shape index (κ1) is 5.48. The zero-order chi connectivity index (χ0) is 5.98. The zero-order valence-corrected chi connectivity index (χ0v) is 5.26. The molecule has 1 aliphatic rings. The normalized spacial score (nSPS) is 32.2. The minimum atomic E-state index is 0.347. The van der Waals surface area contributed by atoms with Gasteiger partial charge in [-0.3, -0.25) is 0 Å². The largest absolute Gasteiger partial charge is 0.189 e. The standard InChI is InChI=1S/C6H10N2/c1-3-6-4-7-8-5(6)2/h3,5H,4H2,1-2H3/b6-3-/t5-/m1/s1. The number of nitrogens with zero attached hydrogens (tertiary/aromatic N) is 2. The summed E-state index contributed by atoms with van der Waals surface area (Å²) in [7, 11) is 0. The second-order valence-electron chi connectivity index (χ2n) is 1.95. The molecule has 1 aliphatic heterocycles. The molecule has 1 heterocycles. The molecule has 0 aromatic heterocycles. The molecular weight excluding hydrogens is 100 g/mol. The summed E-state index contributed by atoms with van der Waals surface area (Å²) in [6, 6.07) is 0.347. The SMILES string of the molecule is C/C=C1/CN=N[C@@H]1C. The van der Waals surface area contributed by atoms with Crippen LogP contribution in [0.2, 0.25) is 0 Å². The fraction of sp³-hybridized carbons (Fsp3) is 0.667. The van der Waals surface area contributed by atoms with Crippen molar-refractivity contribution in [2.24, 2.45) is 10.2 Å². The van der Waals surface area contributed by atoms with Crippen molar-refractivity contribution in [2.75, 3.05) is 6.54 Å². The zero-order valence-electron chi connectivity index (χ0n) is 5.26. The lowest BCUT2D eigenvalue weighted by atomic mass is 10.1. The van der Waals surface area contributed by atoms with E-state index in [0.29, 0.717) is 6.04 Å². The van der Waals surface area contributed by atoms with Gasteiger partial charge in [0.15, 0.2) is 0 Å². The Kier molecular flexibility index (Phi) is 1.42. The molecule has 0 saturated heterocycles. The molecule has 2 heteroatoms. The molecule has 0 N–H and O–H groups in total. The summed E-state index contributed by atoms with van der Waals surface area (Å²) in [5.41, 5.74) is 1.34. The molecule has 0 fully saturated rings. The van der Waals surface area contributed by atoms with E-state index in [1.165, 1.54) is 5.57 Å². The molecule has 0 aromatic rings. The summed E-state index contributed by atoms with van der Waals surface area (Å²) < 4.78 is 0. The maximum absolute atomic E-state index is 3.95. The molecule has 8 heavy (non-hydrogen) atoms. The van der Waals surface area contributed by atoms with Crippen LogP contribution in [0.4, 0.5) is 0 Å². The van der Waals surface area contributed by atoms with Crippen LogP contribution in [0.25, 0.3) is 0 Å². The van der Waals surface area contributed by atoms with E-state index in [0.717, 1.165) is 6.54 Å². The fourth-order valence-electron chi connectivity index (χ4n) is 0.784. The quantitative estimate of drug-likeness (QED) is 0.425. The third-order valence-corrected chi connectivity index (χ3v) is 1.42. The number of hydrogen-bond donors (Lipinski definition) is 0. The molecule has 2 nitrogen and oxygen atoms in total. The highest BCUT2D eigenvalue weighted by atomic mass is 15.2. The molecule has 0 unspecified atom stereocenters. The van der Waals surface area contributed by atoms with Crippen LogP contribution in [0.5, 0.6) is 0 Å².